The van der Waals surface area contributed by atoms with Gasteiger partial charge < -0.3 is 10.1 Å². The van der Waals surface area contributed by atoms with E-state index in [1.54, 1.807) is 30.3 Å². The Labute approximate surface area is 183 Å². The Balaban J connectivity index is 1.57. The third-order valence-electron chi connectivity index (χ3n) is 4.76. The number of nitrogens with one attached hydrogen (secondary N) is 2. The molecule has 0 saturated carbocycles. The molecule has 2 N–H and O–H groups in total. The van der Waals surface area contributed by atoms with Crippen molar-refractivity contribution in [3.8, 4) is 5.75 Å². The normalized spacial score (nSPS) is 11.0. The van der Waals surface area contributed by atoms with Crippen LogP contribution in [0.15, 0.2) is 77.7 Å². The molecule has 0 saturated heterocycles. The molecular weight excluding hydrogens is 412 g/mol. The van der Waals surface area contributed by atoms with Gasteiger partial charge in [-0.15, -0.1) is 0 Å². The Kier molecular flexibility index (Phi) is 7.31. The third-order valence-corrected chi connectivity index (χ3v) is 6.15. The van der Waals surface area contributed by atoms with Crippen LogP contribution in [0.1, 0.15) is 27.9 Å². The molecule has 0 aliphatic rings. The zero-order valence-electron chi connectivity index (χ0n) is 17.6. The van der Waals surface area contributed by atoms with Crippen molar-refractivity contribution < 1.29 is 17.9 Å². The van der Waals surface area contributed by atoms with Crippen molar-refractivity contribution in [2.75, 3.05) is 18.4 Å². The number of aryl methyl sites for hydroxylation is 2. The number of hydrogen-bond donors (Lipinski definition) is 2. The summed E-state index contributed by atoms with van der Waals surface area (Å²) in [6, 6.07) is 20.8. The highest BCUT2D eigenvalue weighted by molar-refractivity contribution is 7.92. The van der Waals surface area contributed by atoms with E-state index in [1.165, 1.54) is 36.4 Å². The largest absolute Gasteiger partial charge is 0.497 e. The molecule has 0 radical (unpaired) electrons. The van der Waals surface area contributed by atoms with Crippen LogP contribution in [-0.2, 0) is 16.4 Å². The smallest absolute Gasteiger partial charge is 0.261 e. The first kappa shape index (κ1) is 22.4. The van der Waals surface area contributed by atoms with Crippen molar-refractivity contribution >= 4 is 21.6 Å². The summed E-state index contributed by atoms with van der Waals surface area (Å²) < 4.78 is 32.8. The molecule has 3 aromatic carbocycles. The Bertz CT molecular complexity index is 1140. The molecule has 3 aromatic rings. The topological polar surface area (TPSA) is 84.5 Å². The maximum atomic E-state index is 12.6. The molecule has 0 heterocycles. The molecule has 1 amide bonds. The average molecular weight is 439 g/mol. The van der Waals surface area contributed by atoms with E-state index in [0.29, 0.717) is 23.5 Å². The molecular formula is C24H26N2O4S. The van der Waals surface area contributed by atoms with Gasteiger partial charge >= 0.3 is 0 Å². The van der Waals surface area contributed by atoms with E-state index in [4.69, 9.17) is 4.74 Å². The molecule has 0 aliphatic carbocycles. The Morgan fingerprint density at radius 1 is 0.968 bits per heavy atom. The standard InChI is InChI=1S/C24H26N2O4S/c1-18-6-3-7-19(16-18)8-5-15-25-24(27)20-9-4-10-21(17-20)26-31(28,29)23-13-11-22(30-2)12-14-23/h3-4,6-7,9-14,16-17,26H,5,8,15H2,1-2H3,(H,25,27). The van der Waals surface area contributed by atoms with Crippen molar-refractivity contribution in [2.45, 2.75) is 24.7 Å². The fraction of sp³-hybridized carbons (Fsp3) is 0.208. The van der Waals surface area contributed by atoms with Gasteiger partial charge in [-0.1, -0.05) is 35.9 Å². The lowest BCUT2D eigenvalue weighted by atomic mass is 10.1. The predicted octanol–water partition coefficient (Wildman–Crippen LogP) is 4.17. The molecule has 0 spiro atoms. The monoisotopic (exact) mass is 438 g/mol. The van der Waals surface area contributed by atoms with Gasteiger partial charge in [-0.2, -0.15) is 0 Å². The lowest BCUT2D eigenvalue weighted by Crippen LogP contribution is -2.25. The van der Waals surface area contributed by atoms with Crippen LogP contribution < -0.4 is 14.8 Å². The van der Waals surface area contributed by atoms with Crippen molar-refractivity contribution in [1.29, 1.82) is 0 Å². The van der Waals surface area contributed by atoms with E-state index in [0.717, 1.165) is 12.8 Å². The molecule has 0 fully saturated rings. The molecule has 7 heteroatoms. The van der Waals surface area contributed by atoms with Gasteiger partial charge in [0.1, 0.15) is 5.75 Å². The number of carbonyl (C=O) groups excluding carboxylic acids is 1. The first-order valence-electron chi connectivity index (χ1n) is 9.98. The number of carbonyl (C=O) groups is 1. The SMILES string of the molecule is COc1ccc(S(=O)(=O)Nc2cccc(C(=O)NCCCc3cccc(C)c3)c2)cc1. The zero-order valence-corrected chi connectivity index (χ0v) is 18.4. The third kappa shape index (κ3) is 6.33. The molecule has 162 valence electrons. The first-order chi connectivity index (χ1) is 14.9. The summed E-state index contributed by atoms with van der Waals surface area (Å²) in [6.45, 7) is 2.59. The highest BCUT2D eigenvalue weighted by Crippen LogP contribution is 2.20. The van der Waals surface area contributed by atoms with Crippen LogP contribution in [-0.4, -0.2) is 28.0 Å². The zero-order chi connectivity index (χ0) is 22.3. The number of anilines is 1. The molecule has 0 bridgehead atoms. The number of benzene rings is 3. The fourth-order valence-electron chi connectivity index (χ4n) is 3.16. The maximum Gasteiger partial charge on any atom is 0.261 e. The summed E-state index contributed by atoms with van der Waals surface area (Å²) in [4.78, 5) is 12.6. The van der Waals surface area contributed by atoms with Gasteiger partial charge in [0.15, 0.2) is 0 Å². The number of amides is 1. The van der Waals surface area contributed by atoms with Crippen LogP contribution in [0.2, 0.25) is 0 Å². The minimum absolute atomic E-state index is 0.110. The second-order valence-corrected chi connectivity index (χ2v) is 8.89. The van der Waals surface area contributed by atoms with Crippen LogP contribution in [0.5, 0.6) is 5.75 Å². The number of sulfonamides is 1. The van der Waals surface area contributed by atoms with Crippen LogP contribution in [0, 0.1) is 6.92 Å². The maximum absolute atomic E-state index is 12.6. The molecule has 31 heavy (non-hydrogen) atoms. The van der Waals surface area contributed by atoms with Gasteiger partial charge in [0.2, 0.25) is 0 Å². The number of rotatable bonds is 9. The molecule has 6 nitrogen and oxygen atoms in total. The Morgan fingerprint density at radius 2 is 1.71 bits per heavy atom. The molecule has 0 aliphatic heterocycles. The lowest BCUT2D eigenvalue weighted by molar-refractivity contribution is 0.0953. The van der Waals surface area contributed by atoms with E-state index in [-0.39, 0.29) is 10.8 Å². The number of ether oxygens (including phenoxy) is 1. The summed E-state index contributed by atoms with van der Waals surface area (Å²) in [5.41, 5.74) is 3.17. The van der Waals surface area contributed by atoms with Crippen molar-refractivity contribution in [1.82, 2.24) is 5.32 Å². The summed E-state index contributed by atoms with van der Waals surface area (Å²) in [7, 11) is -2.26. The number of hydrogen-bond acceptors (Lipinski definition) is 4. The van der Waals surface area contributed by atoms with E-state index < -0.39 is 10.0 Å². The molecule has 0 aromatic heterocycles. The van der Waals surface area contributed by atoms with Crippen LogP contribution in [0.4, 0.5) is 5.69 Å². The quantitative estimate of drug-likeness (QED) is 0.491. The first-order valence-corrected chi connectivity index (χ1v) is 11.5. The Morgan fingerprint density at radius 3 is 2.42 bits per heavy atom. The van der Waals surface area contributed by atoms with Gasteiger partial charge in [-0.3, -0.25) is 9.52 Å². The highest BCUT2D eigenvalue weighted by Gasteiger charge is 2.15. The fourth-order valence-corrected chi connectivity index (χ4v) is 4.21. The van der Waals surface area contributed by atoms with Gasteiger partial charge in [-0.25, -0.2) is 8.42 Å². The van der Waals surface area contributed by atoms with Crippen molar-refractivity contribution in [2.24, 2.45) is 0 Å². The summed E-state index contributed by atoms with van der Waals surface area (Å²) in [6.07, 6.45) is 1.70. The van der Waals surface area contributed by atoms with E-state index in [1.807, 2.05) is 6.07 Å². The number of methoxy groups -OCH3 is 1. The molecule has 0 unspecified atom stereocenters. The second-order valence-electron chi connectivity index (χ2n) is 7.21. The summed E-state index contributed by atoms with van der Waals surface area (Å²) >= 11 is 0. The van der Waals surface area contributed by atoms with Gasteiger partial charge in [0, 0.05) is 17.8 Å². The van der Waals surface area contributed by atoms with Gasteiger partial charge in [0.05, 0.1) is 12.0 Å². The van der Waals surface area contributed by atoms with E-state index in [9.17, 15) is 13.2 Å². The van der Waals surface area contributed by atoms with Gasteiger partial charge in [0.25, 0.3) is 15.9 Å². The summed E-state index contributed by atoms with van der Waals surface area (Å²) in [5.74, 6) is 0.328. The highest BCUT2D eigenvalue weighted by atomic mass is 32.2. The predicted molar refractivity (Wildman–Crippen MR) is 122 cm³/mol. The molecule has 3 rings (SSSR count). The van der Waals surface area contributed by atoms with E-state index in [2.05, 4.69) is 35.2 Å². The van der Waals surface area contributed by atoms with Crippen LogP contribution in [0.25, 0.3) is 0 Å². The van der Waals surface area contributed by atoms with Crippen LogP contribution >= 0.6 is 0 Å². The van der Waals surface area contributed by atoms with Crippen molar-refractivity contribution in [3.63, 3.8) is 0 Å². The summed E-state index contributed by atoms with van der Waals surface area (Å²) in [5, 5.41) is 2.89. The Hall–Kier alpha value is -3.32. The molecule has 0 atom stereocenters. The van der Waals surface area contributed by atoms with Crippen LogP contribution in [0.3, 0.4) is 0 Å². The minimum Gasteiger partial charge on any atom is -0.497 e. The second kappa shape index (κ2) is 10.1. The van der Waals surface area contributed by atoms with E-state index >= 15 is 0 Å². The lowest BCUT2D eigenvalue weighted by Gasteiger charge is -2.10. The minimum atomic E-state index is -3.77. The average Bonchev–Trinajstić information content (AvgIpc) is 2.76. The van der Waals surface area contributed by atoms with Crippen molar-refractivity contribution in [3.05, 3.63) is 89.5 Å². The van der Waals surface area contributed by atoms with Gasteiger partial charge in [-0.05, 0) is 67.8 Å².